The summed E-state index contributed by atoms with van der Waals surface area (Å²) in [5.41, 5.74) is 3.12. The zero-order valence-electron chi connectivity index (χ0n) is 18.6. The molecule has 2 aromatic carbocycles. The van der Waals surface area contributed by atoms with Crippen molar-refractivity contribution in [2.45, 2.75) is 19.4 Å². The Labute approximate surface area is 200 Å². The molecular weight excluding hydrogens is 460 g/mol. The van der Waals surface area contributed by atoms with E-state index in [1.54, 1.807) is 19.2 Å². The summed E-state index contributed by atoms with van der Waals surface area (Å²) in [6.45, 7) is 2.10. The maximum atomic E-state index is 12.7. The van der Waals surface area contributed by atoms with Crippen molar-refractivity contribution in [2.24, 2.45) is 4.99 Å². The van der Waals surface area contributed by atoms with Crippen LogP contribution in [0.3, 0.4) is 0 Å². The van der Waals surface area contributed by atoms with Gasteiger partial charge in [0.05, 0.1) is 24.9 Å². The van der Waals surface area contributed by atoms with Crippen LogP contribution < -0.4 is 15.4 Å². The number of aliphatic imine (C=N–C) groups is 1. The van der Waals surface area contributed by atoms with Gasteiger partial charge in [0.1, 0.15) is 17.6 Å². The number of hydrogen-bond acceptors (Lipinski definition) is 6. The molecule has 0 bridgehead atoms. The topological polar surface area (TPSA) is 131 Å². The zero-order chi connectivity index (χ0) is 24.2. The molecule has 0 aliphatic carbocycles. The van der Waals surface area contributed by atoms with Crippen LogP contribution in [0.15, 0.2) is 47.5 Å². The Kier molecular flexibility index (Phi) is 6.78. The molecule has 1 aliphatic heterocycles. The summed E-state index contributed by atoms with van der Waals surface area (Å²) in [5.74, 6) is 1.57. The second kappa shape index (κ2) is 9.92. The van der Waals surface area contributed by atoms with Crippen LogP contribution in [0.5, 0.6) is 5.75 Å². The first-order chi connectivity index (χ1) is 16.4. The SMILES string of the molecule is COc1ccc2c(c1)C(c1ccc(Cl)cc1)=N[C@@H](CC(=O)NCCNC(=O)O)c1nnc(C)n1-2. The number of aryl methyl sites for hydroxylation is 1. The molecule has 1 atom stereocenters. The molecule has 4 rings (SSSR count). The molecule has 0 fully saturated rings. The van der Waals surface area contributed by atoms with E-state index in [0.29, 0.717) is 28.1 Å². The van der Waals surface area contributed by atoms with Gasteiger partial charge in [0, 0.05) is 29.2 Å². The van der Waals surface area contributed by atoms with Gasteiger partial charge in [-0.05, 0) is 37.3 Å². The molecule has 2 amide bonds. The van der Waals surface area contributed by atoms with E-state index in [9.17, 15) is 9.59 Å². The van der Waals surface area contributed by atoms with Crippen molar-refractivity contribution in [2.75, 3.05) is 20.2 Å². The minimum Gasteiger partial charge on any atom is -0.497 e. The van der Waals surface area contributed by atoms with Gasteiger partial charge >= 0.3 is 6.09 Å². The number of methoxy groups -OCH3 is 1. The second-order valence-electron chi connectivity index (χ2n) is 7.61. The summed E-state index contributed by atoms with van der Waals surface area (Å²) in [6.07, 6.45) is -1.14. The van der Waals surface area contributed by atoms with E-state index in [0.717, 1.165) is 16.8 Å². The van der Waals surface area contributed by atoms with E-state index >= 15 is 0 Å². The summed E-state index contributed by atoms with van der Waals surface area (Å²) in [6, 6.07) is 12.4. The van der Waals surface area contributed by atoms with Gasteiger partial charge < -0.3 is 20.5 Å². The number of fused-ring (bicyclic) bond motifs is 3. The fourth-order valence-corrected chi connectivity index (χ4v) is 3.92. The van der Waals surface area contributed by atoms with E-state index in [1.807, 2.05) is 41.8 Å². The van der Waals surface area contributed by atoms with Gasteiger partial charge in [0.15, 0.2) is 5.82 Å². The quantitative estimate of drug-likeness (QED) is 0.444. The molecule has 0 radical (unpaired) electrons. The Morgan fingerprint density at radius 1 is 1.12 bits per heavy atom. The Morgan fingerprint density at radius 3 is 2.56 bits per heavy atom. The van der Waals surface area contributed by atoms with E-state index in [4.69, 9.17) is 26.4 Å². The van der Waals surface area contributed by atoms with E-state index in [2.05, 4.69) is 20.8 Å². The Bertz CT molecular complexity index is 1250. The number of benzene rings is 2. The van der Waals surface area contributed by atoms with Crippen molar-refractivity contribution in [3.8, 4) is 11.4 Å². The van der Waals surface area contributed by atoms with Crippen LogP contribution in [0.4, 0.5) is 4.79 Å². The highest BCUT2D eigenvalue weighted by atomic mass is 35.5. The van der Waals surface area contributed by atoms with Gasteiger partial charge in [-0.1, -0.05) is 23.7 Å². The van der Waals surface area contributed by atoms with Crippen molar-refractivity contribution in [1.29, 1.82) is 0 Å². The van der Waals surface area contributed by atoms with E-state index in [-0.39, 0.29) is 25.4 Å². The summed E-state index contributed by atoms with van der Waals surface area (Å²) in [5, 5.41) is 22.8. The lowest BCUT2D eigenvalue weighted by atomic mass is 10.00. The molecule has 0 unspecified atom stereocenters. The highest BCUT2D eigenvalue weighted by Crippen LogP contribution is 2.34. The minimum absolute atomic E-state index is 0.00736. The number of nitrogens with zero attached hydrogens (tertiary/aromatic N) is 4. The predicted molar refractivity (Wildman–Crippen MR) is 126 cm³/mol. The maximum absolute atomic E-state index is 12.7. The highest BCUT2D eigenvalue weighted by Gasteiger charge is 2.30. The van der Waals surface area contributed by atoms with Crippen LogP contribution in [-0.4, -0.2) is 57.8 Å². The minimum atomic E-state index is -1.15. The number of halogens is 1. The number of ether oxygens (including phenoxy) is 1. The van der Waals surface area contributed by atoms with E-state index < -0.39 is 12.1 Å². The van der Waals surface area contributed by atoms with Crippen molar-refractivity contribution in [1.82, 2.24) is 25.4 Å². The number of carboxylic acid groups (broad SMARTS) is 1. The number of hydrogen-bond donors (Lipinski definition) is 3. The fourth-order valence-electron chi connectivity index (χ4n) is 3.80. The molecule has 1 aromatic heterocycles. The van der Waals surface area contributed by atoms with Crippen LogP contribution in [0.1, 0.15) is 35.2 Å². The Morgan fingerprint density at radius 2 is 1.85 bits per heavy atom. The van der Waals surface area contributed by atoms with Crippen LogP contribution in [-0.2, 0) is 4.79 Å². The molecule has 10 nitrogen and oxygen atoms in total. The second-order valence-corrected chi connectivity index (χ2v) is 8.05. The van der Waals surface area contributed by atoms with Crippen LogP contribution >= 0.6 is 11.6 Å². The molecule has 3 aromatic rings. The largest absolute Gasteiger partial charge is 0.497 e. The molecule has 176 valence electrons. The smallest absolute Gasteiger partial charge is 0.404 e. The average Bonchev–Trinajstić information content (AvgIpc) is 3.14. The molecule has 0 spiro atoms. The summed E-state index contributed by atoms with van der Waals surface area (Å²) in [4.78, 5) is 28.3. The van der Waals surface area contributed by atoms with Crippen molar-refractivity contribution in [3.63, 3.8) is 0 Å². The first-order valence-corrected chi connectivity index (χ1v) is 10.9. The van der Waals surface area contributed by atoms with Crippen molar-refractivity contribution >= 4 is 29.3 Å². The number of carbonyl (C=O) groups is 2. The van der Waals surface area contributed by atoms with Gasteiger partial charge in [-0.15, -0.1) is 10.2 Å². The number of nitrogens with one attached hydrogen (secondary N) is 2. The molecule has 0 saturated heterocycles. The van der Waals surface area contributed by atoms with Gasteiger partial charge in [-0.2, -0.15) is 0 Å². The number of amides is 2. The van der Waals surface area contributed by atoms with Crippen molar-refractivity contribution < 1.29 is 19.4 Å². The normalized spacial score (nSPS) is 14.3. The monoisotopic (exact) mass is 482 g/mol. The molecule has 34 heavy (non-hydrogen) atoms. The Balaban J connectivity index is 1.76. The van der Waals surface area contributed by atoms with Crippen LogP contribution in [0, 0.1) is 6.92 Å². The summed E-state index contributed by atoms with van der Waals surface area (Å²) in [7, 11) is 1.60. The number of rotatable bonds is 7. The third kappa shape index (κ3) is 4.86. The van der Waals surface area contributed by atoms with Gasteiger partial charge in [0.2, 0.25) is 5.91 Å². The number of aromatic nitrogens is 3. The van der Waals surface area contributed by atoms with Gasteiger partial charge in [-0.3, -0.25) is 14.4 Å². The lowest BCUT2D eigenvalue weighted by molar-refractivity contribution is -0.121. The van der Waals surface area contributed by atoms with Crippen molar-refractivity contribution in [3.05, 3.63) is 70.3 Å². The number of carbonyl (C=O) groups excluding carboxylic acids is 1. The summed E-state index contributed by atoms with van der Waals surface area (Å²) >= 11 is 6.11. The Hall–Kier alpha value is -3.92. The zero-order valence-corrected chi connectivity index (χ0v) is 19.3. The third-order valence-corrected chi connectivity index (χ3v) is 5.60. The molecule has 1 aliphatic rings. The molecule has 3 N–H and O–H groups in total. The fraction of sp³-hybridized carbons (Fsp3) is 0.261. The first kappa shape index (κ1) is 23.2. The first-order valence-electron chi connectivity index (χ1n) is 10.6. The molecule has 0 saturated carbocycles. The standard InChI is InChI=1S/C23H23ClN6O4/c1-13-28-29-22-18(12-20(31)25-9-10-26-23(32)33)27-21(14-3-5-15(24)6-4-14)17-11-16(34-2)7-8-19(17)30(13)22/h3-8,11,18,26H,9-10,12H2,1-2H3,(H,25,31)(H,32,33)/t18-/m0/s1. The van der Waals surface area contributed by atoms with Crippen LogP contribution in [0.2, 0.25) is 5.02 Å². The van der Waals surface area contributed by atoms with E-state index in [1.165, 1.54) is 0 Å². The highest BCUT2D eigenvalue weighted by molar-refractivity contribution is 6.30. The van der Waals surface area contributed by atoms with Crippen LogP contribution in [0.25, 0.3) is 5.69 Å². The molecule has 2 heterocycles. The van der Waals surface area contributed by atoms with Gasteiger partial charge in [0.25, 0.3) is 0 Å². The summed E-state index contributed by atoms with van der Waals surface area (Å²) < 4.78 is 7.35. The lowest BCUT2D eigenvalue weighted by Crippen LogP contribution is -2.34. The molecular formula is C23H23ClN6O4. The predicted octanol–water partition coefficient (Wildman–Crippen LogP) is 2.90. The average molecular weight is 483 g/mol. The molecule has 11 heteroatoms. The third-order valence-electron chi connectivity index (χ3n) is 5.35. The van der Waals surface area contributed by atoms with Gasteiger partial charge in [-0.25, -0.2) is 4.79 Å². The lowest BCUT2D eigenvalue weighted by Gasteiger charge is -2.14. The maximum Gasteiger partial charge on any atom is 0.404 e.